The predicted molar refractivity (Wildman–Crippen MR) is 105 cm³/mol. The number of piperidine rings is 1. The first kappa shape index (κ1) is 17.1. The van der Waals surface area contributed by atoms with Gasteiger partial charge in [0.1, 0.15) is 5.66 Å². The fourth-order valence-corrected chi connectivity index (χ4v) is 4.12. The van der Waals surface area contributed by atoms with E-state index in [0.717, 1.165) is 22.9 Å². The fraction of sp³-hybridized carbons (Fsp3) is 0.278. The number of nitrogens with one attached hydrogen (secondary N) is 4. The third-order valence-corrected chi connectivity index (χ3v) is 5.53. The molecule has 1 spiro atoms. The quantitative estimate of drug-likeness (QED) is 0.585. The number of halogens is 2. The van der Waals surface area contributed by atoms with Gasteiger partial charge in [-0.1, -0.05) is 47.5 Å². The smallest absolute Gasteiger partial charge is 0.182 e. The molecular weight excluding hydrogens is 375 g/mol. The van der Waals surface area contributed by atoms with Gasteiger partial charge >= 0.3 is 0 Å². The lowest BCUT2D eigenvalue weighted by Gasteiger charge is -2.43. The summed E-state index contributed by atoms with van der Waals surface area (Å²) in [4.78, 5) is 0. The van der Waals surface area contributed by atoms with Crippen molar-refractivity contribution >= 4 is 40.5 Å². The zero-order chi connectivity index (χ0) is 17.4. The maximum absolute atomic E-state index is 6.04. The number of hydrogen-bond acceptors (Lipinski definition) is 3. The first-order valence-corrected chi connectivity index (χ1v) is 9.32. The van der Waals surface area contributed by atoms with Gasteiger partial charge in [0.2, 0.25) is 0 Å². The van der Waals surface area contributed by atoms with Gasteiger partial charge in [0.25, 0.3) is 0 Å². The lowest BCUT2D eigenvalue weighted by atomic mass is 9.83. The molecule has 0 saturated carbocycles. The third-order valence-electron chi connectivity index (χ3n) is 4.82. The Bertz CT molecular complexity index is 725. The minimum absolute atomic E-state index is 0.161. The SMILES string of the molecule is S=C1NNC2(CC(c3ccc(Cl)cc3)NC(c3ccc(Cl)cc3)C2)N1. The topological polar surface area (TPSA) is 48.1 Å². The molecule has 2 fully saturated rings. The highest BCUT2D eigenvalue weighted by atomic mass is 35.5. The van der Waals surface area contributed by atoms with Crippen LogP contribution in [0.25, 0.3) is 0 Å². The van der Waals surface area contributed by atoms with Crippen LogP contribution in [0.5, 0.6) is 0 Å². The van der Waals surface area contributed by atoms with Gasteiger partial charge < -0.3 is 10.6 Å². The Balaban J connectivity index is 1.66. The summed E-state index contributed by atoms with van der Waals surface area (Å²) in [6.07, 6.45) is 1.71. The highest BCUT2D eigenvalue weighted by molar-refractivity contribution is 7.80. The van der Waals surface area contributed by atoms with Gasteiger partial charge in [-0.25, -0.2) is 5.43 Å². The van der Waals surface area contributed by atoms with Gasteiger partial charge in [0.05, 0.1) is 0 Å². The first-order valence-electron chi connectivity index (χ1n) is 8.15. The molecule has 2 atom stereocenters. The Morgan fingerprint density at radius 3 is 1.72 bits per heavy atom. The second kappa shape index (κ2) is 6.74. The van der Waals surface area contributed by atoms with Crippen molar-refractivity contribution in [3.8, 4) is 0 Å². The molecule has 2 aromatic rings. The van der Waals surface area contributed by atoms with Crippen LogP contribution in [0.15, 0.2) is 48.5 Å². The van der Waals surface area contributed by atoms with E-state index in [9.17, 15) is 0 Å². The maximum Gasteiger partial charge on any atom is 0.182 e. The minimum Gasteiger partial charge on any atom is -0.342 e. The van der Waals surface area contributed by atoms with Gasteiger partial charge in [-0.15, -0.1) is 0 Å². The average Bonchev–Trinajstić information content (AvgIpc) is 2.95. The molecule has 130 valence electrons. The Kier molecular flexibility index (Phi) is 4.60. The van der Waals surface area contributed by atoms with Gasteiger partial charge in [0, 0.05) is 35.0 Å². The zero-order valence-corrected chi connectivity index (χ0v) is 15.7. The molecule has 2 saturated heterocycles. The molecule has 0 bridgehead atoms. The summed E-state index contributed by atoms with van der Waals surface area (Å²) in [5.41, 5.74) is 8.49. The molecule has 7 heteroatoms. The number of hydrazine groups is 1. The van der Waals surface area contributed by atoms with E-state index >= 15 is 0 Å². The van der Waals surface area contributed by atoms with E-state index in [2.05, 4.69) is 45.8 Å². The number of rotatable bonds is 2. The van der Waals surface area contributed by atoms with Crippen LogP contribution in [-0.2, 0) is 0 Å². The second-order valence-corrected chi connectivity index (χ2v) is 7.85. The van der Waals surface area contributed by atoms with E-state index in [1.54, 1.807) is 0 Å². The van der Waals surface area contributed by atoms with Gasteiger partial charge in [0.15, 0.2) is 5.11 Å². The summed E-state index contributed by atoms with van der Waals surface area (Å²) >= 11 is 17.4. The van der Waals surface area contributed by atoms with E-state index in [1.165, 1.54) is 11.1 Å². The summed E-state index contributed by atoms with van der Waals surface area (Å²) in [7, 11) is 0. The van der Waals surface area contributed by atoms with Crippen LogP contribution in [0.2, 0.25) is 10.0 Å². The second-order valence-electron chi connectivity index (χ2n) is 6.57. The Morgan fingerprint density at radius 1 is 0.840 bits per heavy atom. The van der Waals surface area contributed by atoms with E-state index < -0.39 is 0 Å². The van der Waals surface area contributed by atoms with Crippen molar-refractivity contribution in [2.24, 2.45) is 0 Å². The van der Waals surface area contributed by atoms with Crippen LogP contribution >= 0.6 is 35.4 Å². The van der Waals surface area contributed by atoms with Crippen molar-refractivity contribution < 1.29 is 0 Å². The first-order chi connectivity index (χ1) is 12.0. The molecule has 0 aromatic heterocycles. The summed E-state index contributed by atoms with van der Waals surface area (Å²) in [6.45, 7) is 0. The standard InChI is InChI=1S/C18H18Cl2N4S/c19-13-5-1-11(2-6-13)15-9-18(22-17(25)23-24-18)10-16(21-15)12-3-7-14(20)8-4-12/h1-8,15-16,21,24H,9-10H2,(H2,22,23,25). The van der Waals surface area contributed by atoms with Crippen LogP contribution in [0, 0.1) is 0 Å². The van der Waals surface area contributed by atoms with Gasteiger partial charge in [-0.3, -0.25) is 5.43 Å². The highest BCUT2D eigenvalue weighted by Gasteiger charge is 2.44. The molecule has 2 unspecified atom stereocenters. The summed E-state index contributed by atoms with van der Waals surface area (Å²) in [5.74, 6) is 0. The molecular formula is C18H18Cl2N4S. The zero-order valence-electron chi connectivity index (χ0n) is 13.4. The molecule has 0 amide bonds. The minimum atomic E-state index is -0.295. The summed E-state index contributed by atoms with van der Waals surface area (Å²) in [6, 6.07) is 16.3. The molecule has 2 aliphatic heterocycles. The van der Waals surface area contributed by atoms with Gasteiger partial charge in [-0.05, 0) is 47.6 Å². The Hall–Kier alpha value is -1.37. The normalized spacial score (nSPS) is 28.6. The average molecular weight is 393 g/mol. The maximum atomic E-state index is 6.04. The van der Waals surface area contributed by atoms with Crippen LogP contribution in [0.3, 0.4) is 0 Å². The van der Waals surface area contributed by atoms with Crippen LogP contribution < -0.4 is 21.5 Å². The van der Waals surface area contributed by atoms with Crippen LogP contribution in [0.1, 0.15) is 36.1 Å². The number of hydrogen-bond donors (Lipinski definition) is 4. The van der Waals surface area contributed by atoms with Crippen molar-refractivity contribution in [1.29, 1.82) is 0 Å². The molecule has 4 rings (SSSR count). The molecule has 2 aliphatic rings. The van der Waals surface area contributed by atoms with Crippen LogP contribution in [-0.4, -0.2) is 10.8 Å². The van der Waals surface area contributed by atoms with Crippen LogP contribution in [0.4, 0.5) is 0 Å². The predicted octanol–water partition coefficient (Wildman–Crippen LogP) is 3.84. The summed E-state index contributed by atoms with van der Waals surface area (Å²) in [5, 5.41) is 9.27. The molecule has 4 nitrogen and oxygen atoms in total. The summed E-state index contributed by atoms with van der Waals surface area (Å²) < 4.78 is 0. The lowest BCUT2D eigenvalue weighted by Crippen LogP contribution is -2.58. The monoisotopic (exact) mass is 392 g/mol. The van der Waals surface area contributed by atoms with Gasteiger partial charge in [-0.2, -0.15) is 0 Å². The van der Waals surface area contributed by atoms with E-state index in [1.807, 2.05) is 24.3 Å². The van der Waals surface area contributed by atoms with Crippen molar-refractivity contribution in [2.45, 2.75) is 30.6 Å². The third kappa shape index (κ3) is 3.61. The highest BCUT2D eigenvalue weighted by Crippen LogP contribution is 2.38. The Morgan fingerprint density at radius 2 is 1.32 bits per heavy atom. The van der Waals surface area contributed by atoms with Crippen molar-refractivity contribution in [3.63, 3.8) is 0 Å². The molecule has 25 heavy (non-hydrogen) atoms. The Labute approximate surface area is 162 Å². The molecule has 4 N–H and O–H groups in total. The molecule has 0 radical (unpaired) electrons. The van der Waals surface area contributed by atoms with Crippen molar-refractivity contribution in [3.05, 3.63) is 69.7 Å². The molecule has 0 aliphatic carbocycles. The van der Waals surface area contributed by atoms with E-state index in [4.69, 9.17) is 35.4 Å². The fourth-order valence-electron chi connectivity index (χ4n) is 3.62. The number of benzene rings is 2. The molecule has 2 aromatic carbocycles. The lowest BCUT2D eigenvalue weighted by molar-refractivity contribution is 0.161. The number of thiocarbonyl (C=S) groups is 1. The largest absolute Gasteiger partial charge is 0.342 e. The van der Waals surface area contributed by atoms with Crippen molar-refractivity contribution in [1.82, 2.24) is 21.5 Å². The van der Waals surface area contributed by atoms with E-state index in [0.29, 0.717) is 5.11 Å². The van der Waals surface area contributed by atoms with E-state index in [-0.39, 0.29) is 17.7 Å². The molecule has 2 heterocycles. The van der Waals surface area contributed by atoms with Crippen molar-refractivity contribution in [2.75, 3.05) is 0 Å².